The number of aromatic amines is 1. The molecule has 2 aromatic rings. The van der Waals surface area contributed by atoms with Gasteiger partial charge in [0.15, 0.2) is 0 Å². The van der Waals surface area contributed by atoms with Crippen molar-refractivity contribution >= 4 is 0 Å². The summed E-state index contributed by atoms with van der Waals surface area (Å²) in [6.45, 7) is 1.96. The molecule has 0 radical (unpaired) electrons. The van der Waals surface area contributed by atoms with Gasteiger partial charge in [-0.1, -0.05) is 0 Å². The van der Waals surface area contributed by atoms with Gasteiger partial charge in [0.2, 0.25) is 0 Å². The van der Waals surface area contributed by atoms with Crippen LogP contribution in [0.5, 0.6) is 0 Å². The molecule has 1 saturated heterocycles. The second kappa shape index (κ2) is 5.09. The molecule has 5 heteroatoms. The minimum atomic E-state index is -0.584. The fourth-order valence-electron chi connectivity index (χ4n) is 2.50. The Hall–Kier alpha value is -1.75. The molecule has 0 saturated carbocycles. The highest BCUT2D eigenvalue weighted by Crippen LogP contribution is 2.27. The summed E-state index contributed by atoms with van der Waals surface area (Å²) in [6.07, 6.45) is 2.23. The van der Waals surface area contributed by atoms with E-state index in [1.54, 1.807) is 0 Å². The Morgan fingerprint density at radius 1 is 1.21 bits per heavy atom. The van der Waals surface area contributed by atoms with E-state index in [4.69, 9.17) is 0 Å². The van der Waals surface area contributed by atoms with E-state index in [0.29, 0.717) is 17.2 Å². The number of H-pyrrole nitrogens is 1. The number of hydrogen-bond donors (Lipinski definition) is 2. The van der Waals surface area contributed by atoms with E-state index in [1.807, 2.05) is 6.07 Å². The van der Waals surface area contributed by atoms with Gasteiger partial charge in [0.05, 0.1) is 5.69 Å². The van der Waals surface area contributed by atoms with Crippen molar-refractivity contribution in [2.45, 2.75) is 18.8 Å². The van der Waals surface area contributed by atoms with E-state index < -0.39 is 11.6 Å². The van der Waals surface area contributed by atoms with Crippen molar-refractivity contribution in [2.75, 3.05) is 13.1 Å². The molecule has 1 aromatic heterocycles. The SMILES string of the molecule is Fc1ccc(-c2cc(C3CCCNC3)[nH]n2)c(F)c1. The summed E-state index contributed by atoms with van der Waals surface area (Å²) < 4.78 is 26.6. The van der Waals surface area contributed by atoms with E-state index in [0.717, 1.165) is 37.7 Å². The summed E-state index contributed by atoms with van der Waals surface area (Å²) in [4.78, 5) is 0. The first-order valence-electron chi connectivity index (χ1n) is 6.45. The number of piperidine rings is 1. The Labute approximate surface area is 110 Å². The first-order chi connectivity index (χ1) is 9.24. The minimum absolute atomic E-state index is 0.327. The van der Waals surface area contributed by atoms with Crippen LogP contribution < -0.4 is 5.32 Å². The highest BCUT2D eigenvalue weighted by Gasteiger charge is 2.18. The number of nitrogens with one attached hydrogen (secondary N) is 2. The van der Waals surface area contributed by atoms with Crippen LogP contribution in [0.15, 0.2) is 24.3 Å². The second-order valence-electron chi connectivity index (χ2n) is 4.88. The summed E-state index contributed by atoms with van der Waals surface area (Å²) >= 11 is 0. The predicted molar refractivity (Wildman–Crippen MR) is 68.8 cm³/mol. The first kappa shape index (κ1) is 12.3. The molecular weight excluding hydrogens is 248 g/mol. The topological polar surface area (TPSA) is 40.7 Å². The maximum absolute atomic E-state index is 13.7. The molecule has 1 atom stereocenters. The molecule has 1 aliphatic heterocycles. The third-order valence-electron chi connectivity index (χ3n) is 3.54. The Morgan fingerprint density at radius 2 is 2.11 bits per heavy atom. The maximum atomic E-state index is 13.7. The van der Waals surface area contributed by atoms with Crippen LogP contribution in [0, 0.1) is 11.6 Å². The van der Waals surface area contributed by atoms with Gasteiger partial charge in [0.1, 0.15) is 11.6 Å². The molecule has 3 rings (SSSR count). The zero-order valence-corrected chi connectivity index (χ0v) is 10.4. The van der Waals surface area contributed by atoms with Crippen molar-refractivity contribution in [1.82, 2.24) is 15.5 Å². The van der Waals surface area contributed by atoms with Crippen molar-refractivity contribution in [1.29, 1.82) is 0 Å². The van der Waals surface area contributed by atoms with E-state index in [2.05, 4.69) is 15.5 Å². The summed E-state index contributed by atoms with van der Waals surface area (Å²) in [7, 11) is 0. The molecule has 0 spiro atoms. The number of hydrogen-bond acceptors (Lipinski definition) is 2. The lowest BCUT2D eigenvalue weighted by atomic mass is 9.96. The van der Waals surface area contributed by atoms with Crippen LogP contribution >= 0.6 is 0 Å². The molecule has 100 valence electrons. The van der Waals surface area contributed by atoms with Gasteiger partial charge in [-0.3, -0.25) is 5.10 Å². The standard InChI is InChI=1S/C14H15F2N3/c15-10-3-4-11(12(16)6-10)14-7-13(18-19-14)9-2-1-5-17-8-9/h3-4,6-7,9,17H,1-2,5,8H2,(H,18,19). The fraction of sp³-hybridized carbons (Fsp3) is 0.357. The van der Waals surface area contributed by atoms with E-state index in [1.165, 1.54) is 12.1 Å². The highest BCUT2D eigenvalue weighted by molar-refractivity contribution is 5.60. The summed E-state index contributed by atoms with van der Waals surface area (Å²) in [5.74, 6) is -0.771. The number of benzene rings is 1. The summed E-state index contributed by atoms with van der Waals surface area (Å²) in [5.41, 5.74) is 1.86. The average Bonchev–Trinajstić information content (AvgIpc) is 2.89. The molecule has 1 aliphatic rings. The summed E-state index contributed by atoms with van der Waals surface area (Å²) in [6, 6.07) is 5.40. The molecule has 0 bridgehead atoms. The van der Waals surface area contributed by atoms with Gasteiger partial charge in [-0.15, -0.1) is 0 Å². The predicted octanol–water partition coefficient (Wildman–Crippen LogP) is 2.82. The second-order valence-corrected chi connectivity index (χ2v) is 4.88. The first-order valence-corrected chi connectivity index (χ1v) is 6.45. The number of aromatic nitrogens is 2. The van der Waals surface area contributed by atoms with Gasteiger partial charge in [-0.2, -0.15) is 5.10 Å². The normalized spacial score (nSPS) is 19.6. The van der Waals surface area contributed by atoms with Crippen molar-refractivity contribution in [2.24, 2.45) is 0 Å². The lowest BCUT2D eigenvalue weighted by Gasteiger charge is -2.21. The number of rotatable bonds is 2. The van der Waals surface area contributed by atoms with Crippen LogP contribution in [-0.2, 0) is 0 Å². The van der Waals surface area contributed by atoms with Gasteiger partial charge in [-0.05, 0) is 37.6 Å². The van der Waals surface area contributed by atoms with Gasteiger partial charge >= 0.3 is 0 Å². The lowest BCUT2D eigenvalue weighted by molar-refractivity contribution is 0.454. The lowest BCUT2D eigenvalue weighted by Crippen LogP contribution is -2.28. The molecule has 19 heavy (non-hydrogen) atoms. The molecule has 1 aromatic carbocycles. The minimum Gasteiger partial charge on any atom is -0.316 e. The van der Waals surface area contributed by atoms with Crippen LogP contribution in [0.3, 0.4) is 0 Å². The van der Waals surface area contributed by atoms with Crippen molar-refractivity contribution in [3.05, 3.63) is 41.6 Å². The Kier molecular flexibility index (Phi) is 3.29. The Balaban J connectivity index is 1.87. The summed E-state index contributed by atoms with van der Waals surface area (Å²) in [5, 5.41) is 10.4. The largest absolute Gasteiger partial charge is 0.316 e. The molecule has 3 nitrogen and oxygen atoms in total. The molecule has 0 aliphatic carbocycles. The van der Waals surface area contributed by atoms with Crippen LogP contribution in [0.1, 0.15) is 24.5 Å². The van der Waals surface area contributed by atoms with Gasteiger partial charge < -0.3 is 5.32 Å². The monoisotopic (exact) mass is 263 g/mol. The van der Waals surface area contributed by atoms with Gasteiger partial charge in [-0.25, -0.2) is 8.78 Å². The van der Waals surface area contributed by atoms with Crippen LogP contribution in [0.4, 0.5) is 8.78 Å². The van der Waals surface area contributed by atoms with Crippen LogP contribution in [-0.4, -0.2) is 23.3 Å². The molecule has 1 fully saturated rings. The smallest absolute Gasteiger partial charge is 0.135 e. The van der Waals surface area contributed by atoms with E-state index >= 15 is 0 Å². The Morgan fingerprint density at radius 3 is 2.84 bits per heavy atom. The van der Waals surface area contributed by atoms with Crippen LogP contribution in [0.25, 0.3) is 11.3 Å². The third kappa shape index (κ3) is 2.51. The molecule has 2 N–H and O–H groups in total. The Bertz CT molecular complexity index is 574. The number of nitrogens with zero attached hydrogens (tertiary/aromatic N) is 1. The molecule has 2 heterocycles. The van der Waals surface area contributed by atoms with Crippen molar-refractivity contribution in [3.8, 4) is 11.3 Å². The van der Waals surface area contributed by atoms with Gasteiger partial charge in [0.25, 0.3) is 0 Å². The fourth-order valence-corrected chi connectivity index (χ4v) is 2.50. The van der Waals surface area contributed by atoms with E-state index in [9.17, 15) is 8.78 Å². The molecule has 1 unspecified atom stereocenters. The molecule has 0 amide bonds. The number of halogens is 2. The maximum Gasteiger partial charge on any atom is 0.135 e. The van der Waals surface area contributed by atoms with Crippen LogP contribution in [0.2, 0.25) is 0 Å². The molecular formula is C14H15F2N3. The quantitative estimate of drug-likeness (QED) is 0.874. The van der Waals surface area contributed by atoms with Crippen molar-refractivity contribution < 1.29 is 8.78 Å². The zero-order valence-electron chi connectivity index (χ0n) is 10.4. The highest BCUT2D eigenvalue weighted by atomic mass is 19.1. The zero-order chi connectivity index (χ0) is 13.2. The van der Waals surface area contributed by atoms with E-state index in [-0.39, 0.29) is 0 Å². The average molecular weight is 263 g/mol. The third-order valence-corrected chi connectivity index (χ3v) is 3.54. The van der Waals surface area contributed by atoms with Gasteiger partial charge in [0, 0.05) is 29.8 Å². The van der Waals surface area contributed by atoms with Crippen molar-refractivity contribution in [3.63, 3.8) is 0 Å².